The van der Waals surface area contributed by atoms with Crippen LogP contribution >= 0.6 is 0 Å². The molecule has 7 nitrogen and oxygen atoms in total. The normalized spacial score (nSPS) is 12.8. The summed E-state index contributed by atoms with van der Waals surface area (Å²) in [5, 5.41) is 5.89. The molecule has 0 bridgehead atoms. The number of amides is 1. The maximum Gasteiger partial charge on any atom is 0.221 e. The van der Waals surface area contributed by atoms with E-state index in [1.807, 2.05) is 0 Å². The molecule has 0 saturated carbocycles. The molecule has 1 aromatic rings. The van der Waals surface area contributed by atoms with E-state index in [0.717, 1.165) is 5.69 Å². The van der Waals surface area contributed by atoms with Gasteiger partial charge in [-0.2, -0.15) is 0 Å². The molecule has 1 aliphatic rings. The van der Waals surface area contributed by atoms with E-state index in [1.54, 1.807) is 19.2 Å². The Labute approximate surface area is 123 Å². The fourth-order valence-electron chi connectivity index (χ4n) is 1.95. The monoisotopic (exact) mass is 295 g/mol. The van der Waals surface area contributed by atoms with Crippen molar-refractivity contribution in [3.05, 3.63) is 12.1 Å². The van der Waals surface area contributed by atoms with Crippen LogP contribution in [-0.2, 0) is 9.53 Å². The number of carbonyl (C=O) groups excluding carboxylic acids is 1. The van der Waals surface area contributed by atoms with E-state index in [1.165, 1.54) is 0 Å². The first-order valence-corrected chi connectivity index (χ1v) is 6.89. The highest BCUT2D eigenvalue weighted by Gasteiger charge is 2.14. The van der Waals surface area contributed by atoms with E-state index in [4.69, 9.17) is 19.9 Å². The lowest BCUT2D eigenvalue weighted by molar-refractivity contribution is -0.121. The Balaban J connectivity index is 1.82. The smallest absolute Gasteiger partial charge is 0.221 e. The first-order valence-electron chi connectivity index (χ1n) is 6.89. The number of ether oxygens (including phenoxy) is 3. The predicted molar refractivity (Wildman–Crippen MR) is 79.8 cm³/mol. The van der Waals surface area contributed by atoms with Gasteiger partial charge in [-0.3, -0.25) is 4.79 Å². The van der Waals surface area contributed by atoms with E-state index in [9.17, 15) is 4.79 Å². The van der Waals surface area contributed by atoms with Gasteiger partial charge >= 0.3 is 0 Å². The van der Waals surface area contributed by atoms with E-state index in [2.05, 4.69) is 10.6 Å². The number of hydrogen-bond donors (Lipinski definition) is 3. The molecule has 0 aromatic heterocycles. The van der Waals surface area contributed by atoms with Crippen LogP contribution in [0.15, 0.2) is 12.1 Å². The second-order valence-corrected chi connectivity index (χ2v) is 4.60. The summed E-state index contributed by atoms with van der Waals surface area (Å²) in [7, 11) is 1.60. The summed E-state index contributed by atoms with van der Waals surface area (Å²) in [6, 6.07) is 3.53. The Hall–Kier alpha value is -2.15. The number of nitrogens with one attached hydrogen (secondary N) is 2. The van der Waals surface area contributed by atoms with Gasteiger partial charge in [0, 0.05) is 38.8 Å². The van der Waals surface area contributed by atoms with Gasteiger partial charge in [-0.05, 0) is 0 Å². The zero-order valence-corrected chi connectivity index (χ0v) is 12.1. The molecule has 7 heteroatoms. The van der Waals surface area contributed by atoms with Gasteiger partial charge in [0.15, 0.2) is 11.5 Å². The van der Waals surface area contributed by atoms with Crippen LogP contribution in [-0.4, -0.2) is 45.9 Å². The van der Waals surface area contributed by atoms with Crippen LogP contribution in [0.1, 0.15) is 6.42 Å². The Morgan fingerprint density at radius 2 is 2.00 bits per heavy atom. The lowest BCUT2D eigenvalue weighted by atomic mass is 10.2. The largest absolute Gasteiger partial charge is 0.486 e. The lowest BCUT2D eigenvalue weighted by Crippen LogP contribution is -2.28. The molecule has 1 aliphatic heterocycles. The summed E-state index contributed by atoms with van der Waals surface area (Å²) in [5.74, 6) is 1.29. The zero-order chi connectivity index (χ0) is 15.1. The molecule has 116 valence electrons. The number of hydrogen-bond acceptors (Lipinski definition) is 6. The van der Waals surface area contributed by atoms with E-state index in [-0.39, 0.29) is 5.91 Å². The van der Waals surface area contributed by atoms with Gasteiger partial charge < -0.3 is 30.6 Å². The maximum atomic E-state index is 11.5. The topological polar surface area (TPSA) is 94.8 Å². The molecule has 0 aliphatic carbocycles. The van der Waals surface area contributed by atoms with Crippen molar-refractivity contribution in [3.63, 3.8) is 0 Å². The fraction of sp³-hybridized carbons (Fsp3) is 0.500. The summed E-state index contributed by atoms with van der Waals surface area (Å²) >= 11 is 0. The minimum absolute atomic E-state index is 0.0318. The zero-order valence-electron chi connectivity index (χ0n) is 12.1. The molecule has 4 N–H and O–H groups in total. The SMILES string of the molecule is COCCNC(=O)CCNc1cc2c(cc1N)OCCO2. The van der Waals surface area contributed by atoms with Crippen LogP contribution < -0.4 is 25.8 Å². The number of benzene rings is 1. The third kappa shape index (κ3) is 4.42. The number of carbonyl (C=O) groups is 1. The maximum absolute atomic E-state index is 11.5. The summed E-state index contributed by atoms with van der Waals surface area (Å²) in [6.07, 6.45) is 0.359. The number of nitrogens with two attached hydrogens (primary N) is 1. The molecule has 0 radical (unpaired) electrons. The molecule has 21 heavy (non-hydrogen) atoms. The number of rotatable bonds is 7. The first-order chi connectivity index (χ1) is 10.2. The van der Waals surface area contributed by atoms with Crippen LogP contribution in [0.25, 0.3) is 0 Å². The van der Waals surface area contributed by atoms with E-state index >= 15 is 0 Å². The molecule has 2 rings (SSSR count). The summed E-state index contributed by atoms with van der Waals surface area (Å²) in [4.78, 5) is 11.5. The highest BCUT2D eigenvalue weighted by Crippen LogP contribution is 2.36. The molecule has 1 heterocycles. The molecule has 0 atom stereocenters. The Bertz CT molecular complexity index is 493. The van der Waals surface area contributed by atoms with E-state index < -0.39 is 0 Å². The van der Waals surface area contributed by atoms with Crippen molar-refractivity contribution < 1.29 is 19.0 Å². The summed E-state index contributed by atoms with van der Waals surface area (Å²) in [5.41, 5.74) is 7.25. The standard InChI is InChI=1S/C14H21N3O4/c1-19-5-4-17-14(18)2-3-16-11-9-13-12(8-10(11)15)20-6-7-21-13/h8-9,16H,2-7,15H2,1H3,(H,17,18). The van der Waals surface area contributed by atoms with Crippen molar-refractivity contribution in [2.75, 3.05) is 51.1 Å². The molecule has 1 aromatic carbocycles. The second-order valence-electron chi connectivity index (χ2n) is 4.60. The Morgan fingerprint density at radius 3 is 2.71 bits per heavy atom. The van der Waals surface area contributed by atoms with Gasteiger partial charge in [-0.1, -0.05) is 0 Å². The quantitative estimate of drug-likeness (QED) is 0.504. The molecule has 0 unspecified atom stereocenters. The first kappa shape index (κ1) is 15.2. The van der Waals surface area contributed by atoms with Gasteiger partial charge in [-0.25, -0.2) is 0 Å². The highest BCUT2D eigenvalue weighted by atomic mass is 16.6. The molecule has 0 fully saturated rings. The average molecular weight is 295 g/mol. The van der Waals surface area contributed by atoms with Crippen molar-refractivity contribution in [1.82, 2.24) is 5.32 Å². The van der Waals surface area contributed by atoms with Gasteiger partial charge in [0.2, 0.25) is 5.91 Å². The van der Waals surface area contributed by atoms with Crippen molar-refractivity contribution in [1.29, 1.82) is 0 Å². The van der Waals surface area contributed by atoms with Crippen molar-refractivity contribution in [3.8, 4) is 11.5 Å². The van der Waals surface area contributed by atoms with Gasteiger partial charge in [0.1, 0.15) is 13.2 Å². The van der Waals surface area contributed by atoms with Crippen LogP contribution in [0.2, 0.25) is 0 Å². The second kappa shape index (κ2) is 7.58. The predicted octanol–water partition coefficient (Wildman–Crippen LogP) is 0.605. The molecule has 1 amide bonds. The van der Waals surface area contributed by atoms with Gasteiger partial charge in [0.25, 0.3) is 0 Å². The van der Waals surface area contributed by atoms with Crippen molar-refractivity contribution >= 4 is 17.3 Å². The molecule has 0 saturated heterocycles. The van der Waals surface area contributed by atoms with Crippen molar-refractivity contribution in [2.45, 2.75) is 6.42 Å². The minimum Gasteiger partial charge on any atom is -0.486 e. The molecule has 0 spiro atoms. The lowest BCUT2D eigenvalue weighted by Gasteiger charge is -2.20. The summed E-state index contributed by atoms with van der Waals surface area (Å²) in [6.45, 7) is 2.57. The third-order valence-electron chi connectivity index (χ3n) is 3.01. The molecular weight excluding hydrogens is 274 g/mol. The average Bonchev–Trinajstić information content (AvgIpc) is 2.48. The van der Waals surface area contributed by atoms with E-state index in [0.29, 0.717) is 56.5 Å². The Kier molecular flexibility index (Phi) is 5.51. The minimum atomic E-state index is -0.0318. The number of anilines is 2. The van der Waals surface area contributed by atoms with Crippen molar-refractivity contribution in [2.24, 2.45) is 0 Å². The highest BCUT2D eigenvalue weighted by molar-refractivity contribution is 5.77. The Morgan fingerprint density at radius 1 is 1.29 bits per heavy atom. The number of methoxy groups -OCH3 is 1. The van der Waals surface area contributed by atoms with Crippen LogP contribution in [0.4, 0.5) is 11.4 Å². The number of nitrogen functional groups attached to an aromatic ring is 1. The van der Waals surface area contributed by atoms with Gasteiger partial charge in [0.05, 0.1) is 18.0 Å². The molecular formula is C14H21N3O4. The van der Waals surface area contributed by atoms with Crippen LogP contribution in [0, 0.1) is 0 Å². The van der Waals surface area contributed by atoms with Crippen LogP contribution in [0.5, 0.6) is 11.5 Å². The summed E-state index contributed by atoms with van der Waals surface area (Å²) < 4.78 is 15.8. The fourth-order valence-corrected chi connectivity index (χ4v) is 1.95. The van der Waals surface area contributed by atoms with Gasteiger partial charge in [-0.15, -0.1) is 0 Å². The van der Waals surface area contributed by atoms with Crippen LogP contribution in [0.3, 0.4) is 0 Å². The third-order valence-corrected chi connectivity index (χ3v) is 3.01. The number of fused-ring (bicyclic) bond motifs is 1.